The second kappa shape index (κ2) is 4.02. The van der Waals surface area contributed by atoms with E-state index in [-0.39, 0.29) is 23.5 Å². The number of fused-ring (bicyclic) bond motifs is 1. The minimum absolute atomic E-state index is 0.0793. The summed E-state index contributed by atoms with van der Waals surface area (Å²) in [6, 6.07) is 7.00. The van der Waals surface area contributed by atoms with Gasteiger partial charge in [-0.15, -0.1) is 0 Å². The van der Waals surface area contributed by atoms with Crippen molar-refractivity contribution in [2.45, 2.75) is 19.8 Å². The number of nitriles is 1. The Bertz CT molecular complexity index is 527. The van der Waals surface area contributed by atoms with Crippen LogP contribution in [0.2, 0.25) is 0 Å². The number of hydrogen-bond acceptors (Lipinski definition) is 4. The van der Waals surface area contributed by atoms with Crippen molar-refractivity contribution in [3.63, 3.8) is 0 Å². The van der Waals surface area contributed by atoms with Gasteiger partial charge in [0.2, 0.25) is 5.88 Å². The van der Waals surface area contributed by atoms with E-state index in [2.05, 4.69) is 6.07 Å². The molecule has 1 unspecified atom stereocenters. The summed E-state index contributed by atoms with van der Waals surface area (Å²) in [7, 11) is 0. The average Bonchev–Trinajstić information content (AvgIpc) is 2.26. The first kappa shape index (κ1) is 11.3. The molecular formula is C13H14N2O2. The lowest BCUT2D eigenvalue weighted by Gasteiger charge is -2.28. The smallest absolute Gasteiger partial charge is 0.205 e. The maximum absolute atomic E-state index is 9.42. The molecule has 0 fully saturated rings. The van der Waals surface area contributed by atoms with Crippen molar-refractivity contribution in [2.24, 2.45) is 11.7 Å². The molecule has 0 saturated heterocycles. The van der Waals surface area contributed by atoms with Crippen LogP contribution in [0.3, 0.4) is 0 Å². The molecule has 2 rings (SSSR count). The molecular weight excluding hydrogens is 216 g/mol. The molecule has 0 bridgehead atoms. The molecule has 1 aromatic carbocycles. The third-order valence-corrected chi connectivity index (χ3v) is 2.92. The highest BCUT2D eigenvalue weighted by Crippen LogP contribution is 2.43. The quantitative estimate of drug-likeness (QED) is 0.775. The van der Waals surface area contributed by atoms with Crippen LogP contribution in [-0.4, -0.2) is 5.11 Å². The number of phenols is 1. The fraction of sp³-hybridized carbons (Fsp3) is 0.308. The van der Waals surface area contributed by atoms with Crippen LogP contribution >= 0.6 is 0 Å². The van der Waals surface area contributed by atoms with Gasteiger partial charge in [0.05, 0.1) is 5.57 Å². The van der Waals surface area contributed by atoms with Crippen LogP contribution in [0.5, 0.6) is 11.5 Å². The Kier molecular flexibility index (Phi) is 2.68. The Morgan fingerprint density at radius 1 is 1.47 bits per heavy atom. The first-order chi connectivity index (χ1) is 8.04. The first-order valence-electron chi connectivity index (χ1n) is 5.45. The molecule has 17 heavy (non-hydrogen) atoms. The van der Waals surface area contributed by atoms with E-state index in [0.29, 0.717) is 11.3 Å². The number of phenolic OH excluding ortho intramolecular Hbond substituents is 1. The molecule has 0 amide bonds. The largest absolute Gasteiger partial charge is 0.508 e. The second-order valence-electron chi connectivity index (χ2n) is 4.44. The van der Waals surface area contributed by atoms with Crippen molar-refractivity contribution in [1.29, 1.82) is 5.26 Å². The highest BCUT2D eigenvalue weighted by atomic mass is 16.5. The highest BCUT2D eigenvalue weighted by Gasteiger charge is 2.31. The van der Waals surface area contributed by atoms with E-state index in [4.69, 9.17) is 15.7 Å². The second-order valence-corrected chi connectivity index (χ2v) is 4.44. The van der Waals surface area contributed by atoms with Crippen molar-refractivity contribution in [3.8, 4) is 17.6 Å². The van der Waals surface area contributed by atoms with E-state index in [1.54, 1.807) is 12.1 Å². The Morgan fingerprint density at radius 2 is 2.18 bits per heavy atom. The minimum atomic E-state index is -0.0793. The lowest BCUT2D eigenvalue weighted by atomic mass is 9.81. The first-order valence-corrected chi connectivity index (χ1v) is 5.45. The van der Waals surface area contributed by atoms with Crippen molar-refractivity contribution >= 4 is 0 Å². The lowest BCUT2D eigenvalue weighted by Crippen LogP contribution is -2.23. The predicted molar refractivity (Wildman–Crippen MR) is 63.1 cm³/mol. The van der Waals surface area contributed by atoms with Gasteiger partial charge >= 0.3 is 0 Å². The standard InChI is InChI=1S/C13H14N2O2/c1-7(2)12-9-4-3-8(16)5-11(9)17-13(15)10(12)6-14/h3-5,7,12,16H,15H2,1-2H3. The number of nitrogens with zero attached hydrogens (tertiary/aromatic N) is 1. The summed E-state index contributed by atoms with van der Waals surface area (Å²) in [5, 5.41) is 18.6. The number of aromatic hydroxyl groups is 1. The monoisotopic (exact) mass is 230 g/mol. The number of nitrogens with two attached hydrogens (primary N) is 1. The molecule has 1 heterocycles. The number of ether oxygens (including phenoxy) is 1. The summed E-state index contributed by atoms with van der Waals surface area (Å²) in [5.41, 5.74) is 7.08. The van der Waals surface area contributed by atoms with Crippen LogP contribution in [0.15, 0.2) is 29.7 Å². The SMILES string of the molecule is CC(C)C1C(C#N)=C(N)Oc2cc(O)ccc21. The Balaban J connectivity index is 2.60. The minimum Gasteiger partial charge on any atom is -0.508 e. The van der Waals surface area contributed by atoms with E-state index in [1.807, 2.05) is 13.8 Å². The molecule has 0 aliphatic carbocycles. The normalized spacial score (nSPS) is 18.6. The molecule has 1 aromatic rings. The van der Waals surface area contributed by atoms with Crippen LogP contribution in [0.25, 0.3) is 0 Å². The van der Waals surface area contributed by atoms with Crippen LogP contribution in [-0.2, 0) is 0 Å². The van der Waals surface area contributed by atoms with Gasteiger partial charge in [-0.2, -0.15) is 5.26 Å². The van der Waals surface area contributed by atoms with Crippen LogP contribution in [0.4, 0.5) is 0 Å². The number of rotatable bonds is 1. The van der Waals surface area contributed by atoms with Crippen molar-refractivity contribution in [2.75, 3.05) is 0 Å². The molecule has 4 heteroatoms. The molecule has 1 atom stereocenters. The zero-order chi connectivity index (χ0) is 12.6. The zero-order valence-corrected chi connectivity index (χ0v) is 9.77. The molecule has 0 radical (unpaired) electrons. The zero-order valence-electron chi connectivity index (χ0n) is 9.77. The maximum atomic E-state index is 9.42. The molecule has 4 nitrogen and oxygen atoms in total. The third kappa shape index (κ3) is 1.80. The van der Waals surface area contributed by atoms with Crippen molar-refractivity contribution < 1.29 is 9.84 Å². The molecule has 0 saturated carbocycles. The number of benzene rings is 1. The number of hydrogen-bond donors (Lipinski definition) is 2. The van der Waals surface area contributed by atoms with Gasteiger partial charge in [-0.25, -0.2) is 0 Å². The third-order valence-electron chi connectivity index (χ3n) is 2.92. The molecule has 1 aliphatic rings. The van der Waals surface area contributed by atoms with Crippen molar-refractivity contribution in [1.82, 2.24) is 0 Å². The van der Waals surface area contributed by atoms with Gasteiger partial charge < -0.3 is 15.6 Å². The molecule has 1 aliphatic heterocycles. The fourth-order valence-electron chi connectivity index (χ4n) is 2.17. The topological polar surface area (TPSA) is 79.3 Å². The van der Waals surface area contributed by atoms with Gasteiger partial charge in [0, 0.05) is 17.5 Å². The molecule has 3 N–H and O–H groups in total. The Hall–Kier alpha value is -2.15. The van der Waals surface area contributed by atoms with E-state index >= 15 is 0 Å². The Morgan fingerprint density at radius 3 is 2.76 bits per heavy atom. The number of allylic oxidation sites excluding steroid dienone is 1. The Labute approximate surface area is 99.9 Å². The van der Waals surface area contributed by atoms with Crippen LogP contribution < -0.4 is 10.5 Å². The van der Waals surface area contributed by atoms with Gasteiger partial charge in [-0.3, -0.25) is 0 Å². The summed E-state index contributed by atoms with van der Waals surface area (Å²) in [5.74, 6) is 0.934. The van der Waals surface area contributed by atoms with E-state index < -0.39 is 0 Å². The van der Waals surface area contributed by atoms with Gasteiger partial charge in [0.1, 0.15) is 17.6 Å². The van der Waals surface area contributed by atoms with E-state index in [9.17, 15) is 5.11 Å². The van der Waals surface area contributed by atoms with Crippen molar-refractivity contribution in [3.05, 3.63) is 35.2 Å². The van der Waals surface area contributed by atoms with Gasteiger partial charge in [-0.05, 0) is 12.0 Å². The average molecular weight is 230 g/mol. The van der Waals surface area contributed by atoms with E-state index in [0.717, 1.165) is 5.56 Å². The summed E-state index contributed by atoms with van der Waals surface area (Å²) in [6.45, 7) is 4.05. The van der Waals surface area contributed by atoms with Gasteiger partial charge in [0.15, 0.2) is 0 Å². The predicted octanol–water partition coefficient (Wildman–Crippen LogP) is 2.22. The lowest BCUT2D eigenvalue weighted by molar-refractivity contribution is 0.368. The summed E-state index contributed by atoms with van der Waals surface area (Å²) in [6.07, 6.45) is 0. The summed E-state index contributed by atoms with van der Waals surface area (Å²) < 4.78 is 5.37. The van der Waals surface area contributed by atoms with E-state index in [1.165, 1.54) is 6.07 Å². The molecule has 0 aromatic heterocycles. The maximum Gasteiger partial charge on any atom is 0.205 e. The van der Waals surface area contributed by atoms with Gasteiger partial charge in [-0.1, -0.05) is 19.9 Å². The molecule has 88 valence electrons. The fourth-order valence-corrected chi connectivity index (χ4v) is 2.17. The summed E-state index contributed by atoms with van der Waals surface area (Å²) >= 11 is 0. The van der Waals surface area contributed by atoms with Gasteiger partial charge in [0.25, 0.3) is 0 Å². The van der Waals surface area contributed by atoms with Crippen LogP contribution in [0, 0.1) is 17.2 Å². The molecule has 0 spiro atoms. The van der Waals surface area contributed by atoms with Crippen LogP contribution in [0.1, 0.15) is 25.3 Å². The summed E-state index contributed by atoms with van der Waals surface area (Å²) in [4.78, 5) is 0. The highest BCUT2D eigenvalue weighted by molar-refractivity contribution is 5.52.